The Kier molecular flexibility index (Phi) is 7.12. The lowest BCUT2D eigenvalue weighted by Gasteiger charge is -2.34. The van der Waals surface area contributed by atoms with Crippen LogP contribution in [0.1, 0.15) is 38.7 Å². The number of carbonyl (C=O) groups excluding carboxylic acids is 2. The monoisotopic (exact) mass is 367 g/mol. The van der Waals surface area contributed by atoms with Crippen LogP contribution in [0, 0.1) is 18.8 Å². The fourth-order valence-corrected chi connectivity index (χ4v) is 3.36. The second kappa shape index (κ2) is 9.09. The summed E-state index contributed by atoms with van der Waals surface area (Å²) in [4.78, 5) is 23.7. The smallest absolute Gasteiger partial charge is 0.344 e. The van der Waals surface area contributed by atoms with Crippen molar-refractivity contribution in [3.8, 4) is 5.75 Å². The van der Waals surface area contributed by atoms with Crippen LogP contribution >= 0.6 is 11.6 Å². The Morgan fingerprint density at radius 3 is 2.72 bits per heavy atom. The van der Waals surface area contributed by atoms with E-state index in [0.29, 0.717) is 22.6 Å². The first-order valence-electron chi connectivity index (χ1n) is 8.70. The molecule has 2 rings (SSSR count). The molecule has 1 amide bonds. The normalized spacial score (nSPS) is 23.0. The summed E-state index contributed by atoms with van der Waals surface area (Å²) >= 11 is 5.87. The van der Waals surface area contributed by atoms with E-state index < -0.39 is 5.97 Å². The van der Waals surface area contributed by atoms with Crippen LogP contribution in [-0.2, 0) is 14.3 Å². The maximum Gasteiger partial charge on any atom is 0.344 e. The second-order valence-electron chi connectivity index (χ2n) is 6.80. The standard InChI is InChI=1S/C19H26ClNO4/c1-12-5-4-6-16(14(12)3)21-18(22)10-25-19(23)11-24-17-8-7-15(20)9-13(17)2/h7-9,12,14,16H,4-6,10-11H2,1-3H3,(H,21,22). The van der Waals surface area contributed by atoms with Crippen LogP contribution in [0.2, 0.25) is 5.02 Å². The van der Waals surface area contributed by atoms with Crippen LogP contribution in [0.3, 0.4) is 0 Å². The van der Waals surface area contributed by atoms with E-state index in [-0.39, 0.29) is 25.2 Å². The largest absolute Gasteiger partial charge is 0.482 e. The number of carbonyl (C=O) groups is 2. The summed E-state index contributed by atoms with van der Waals surface area (Å²) in [7, 11) is 0. The van der Waals surface area contributed by atoms with Crippen LogP contribution in [0.15, 0.2) is 18.2 Å². The average molecular weight is 368 g/mol. The fourth-order valence-electron chi connectivity index (χ4n) is 3.13. The van der Waals surface area contributed by atoms with Crippen molar-refractivity contribution < 1.29 is 19.1 Å². The molecule has 0 aromatic heterocycles. The number of amides is 1. The van der Waals surface area contributed by atoms with Gasteiger partial charge < -0.3 is 14.8 Å². The van der Waals surface area contributed by atoms with Crippen molar-refractivity contribution in [3.63, 3.8) is 0 Å². The molecule has 1 aromatic carbocycles. The van der Waals surface area contributed by atoms with Gasteiger partial charge in [-0.15, -0.1) is 0 Å². The second-order valence-corrected chi connectivity index (χ2v) is 7.24. The number of aryl methyl sites for hydroxylation is 1. The Morgan fingerprint density at radius 2 is 2.00 bits per heavy atom. The Labute approximate surface area is 154 Å². The third-order valence-electron chi connectivity index (χ3n) is 4.90. The summed E-state index contributed by atoms with van der Waals surface area (Å²) in [5.74, 6) is 0.759. The molecule has 1 saturated carbocycles. The summed E-state index contributed by atoms with van der Waals surface area (Å²) in [6, 6.07) is 5.29. The number of ether oxygens (including phenoxy) is 2. The first-order chi connectivity index (χ1) is 11.9. The summed E-state index contributed by atoms with van der Waals surface area (Å²) in [6.45, 7) is 5.68. The van der Waals surface area contributed by atoms with E-state index in [1.54, 1.807) is 18.2 Å². The van der Waals surface area contributed by atoms with E-state index >= 15 is 0 Å². The molecule has 1 aliphatic rings. The number of benzene rings is 1. The minimum atomic E-state index is -0.574. The Bertz CT molecular complexity index is 619. The lowest BCUT2D eigenvalue weighted by molar-refractivity contribution is -0.150. The third kappa shape index (κ3) is 5.92. The van der Waals surface area contributed by atoms with Crippen molar-refractivity contribution in [2.45, 2.75) is 46.1 Å². The minimum absolute atomic E-state index is 0.155. The predicted octanol–water partition coefficient (Wildman–Crippen LogP) is 3.51. The molecular weight excluding hydrogens is 342 g/mol. The third-order valence-corrected chi connectivity index (χ3v) is 5.14. The molecular formula is C19H26ClNO4. The summed E-state index contributed by atoms with van der Waals surface area (Å²) in [5.41, 5.74) is 0.832. The molecule has 138 valence electrons. The molecule has 0 heterocycles. The number of esters is 1. The van der Waals surface area contributed by atoms with Gasteiger partial charge in [-0.2, -0.15) is 0 Å². The van der Waals surface area contributed by atoms with Gasteiger partial charge >= 0.3 is 5.97 Å². The molecule has 0 radical (unpaired) electrons. The highest BCUT2D eigenvalue weighted by Gasteiger charge is 2.28. The molecule has 3 unspecified atom stereocenters. The molecule has 0 spiro atoms. The highest BCUT2D eigenvalue weighted by atomic mass is 35.5. The zero-order valence-corrected chi connectivity index (χ0v) is 15.8. The van der Waals surface area contributed by atoms with Gasteiger partial charge in [-0.05, 0) is 48.9 Å². The maximum absolute atomic E-state index is 12.0. The van der Waals surface area contributed by atoms with Crippen molar-refractivity contribution in [2.24, 2.45) is 11.8 Å². The Morgan fingerprint density at radius 1 is 1.24 bits per heavy atom. The molecule has 1 N–H and O–H groups in total. The van der Waals surface area contributed by atoms with Gasteiger partial charge in [0.05, 0.1) is 0 Å². The van der Waals surface area contributed by atoms with E-state index in [1.807, 2.05) is 6.92 Å². The number of halogens is 1. The first kappa shape index (κ1) is 19.6. The van der Waals surface area contributed by atoms with Gasteiger partial charge in [0.25, 0.3) is 5.91 Å². The van der Waals surface area contributed by atoms with Crippen LogP contribution < -0.4 is 10.1 Å². The number of rotatable bonds is 6. The molecule has 1 aromatic rings. The van der Waals surface area contributed by atoms with E-state index in [9.17, 15) is 9.59 Å². The highest BCUT2D eigenvalue weighted by molar-refractivity contribution is 6.30. The van der Waals surface area contributed by atoms with Crippen LogP contribution in [0.5, 0.6) is 5.75 Å². The highest BCUT2D eigenvalue weighted by Crippen LogP contribution is 2.29. The zero-order valence-electron chi connectivity index (χ0n) is 15.0. The lowest BCUT2D eigenvalue weighted by atomic mass is 9.78. The van der Waals surface area contributed by atoms with Crippen molar-refractivity contribution in [1.29, 1.82) is 0 Å². The number of hydrogen-bond donors (Lipinski definition) is 1. The van der Waals surface area contributed by atoms with Crippen molar-refractivity contribution >= 4 is 23.5 Å². The molecule has 0 aliphatic heterocycles. The van der Waals surface area contributed by atoms with Crippen LogP contribution in [0.25, 0.3) is 0 Å². The van der Waals surface area contributed by atoms with Gasteiger partial charge in [0.1, 0.15) is 5.75 Å². The molecule has 1 aliphatic carbocycles. The molecule has 6 heteroatoms. The van der Waals surface area contributed by atoms with Gasteiger partial charge in [-0.3, -0.25) is 4.79 Å². The molecule has 5 nitrogen and oxygen atoms in total. The van der Waals surface area contributed by atoms with Crippen molar-refractivity contribution in [3.05, 3.63) is 28.8 Å². The zero-order chi connectivity index (χ0) is 18.4. The first-order valence-corrected chi connectivity index (χ1v) is 9.08. The van der Waals surface area contributed by atoms with Gasteiger partial charge in [0.2, 0.25) is 0 Å². The van der Waals surface area contributed by atoms with Crippen molar-refractivity contribution in [2.75, 3.05) is 13.2 Å². The summed E-state index contributed by atoms with van der Waals surface area (Å²) < 4.78 is 10.4. The van der Waals surface area contributed by atoms with Crippen LogP contribution in [0.4, 0.5) is 0 Å². The average Bonchev–Trinajstić information content (AvgIpc) is 2.56. The summed E-state index contributed by atoms with van der Waals surface area (Å²) in [6.07, 6.45) is 3.29. The lowest BCUT2D eigenvalue weighted by Crippen LogP contribution is -2.45. The molecule has 3 atom stereocenters. The Balaban J connectivity index is 1.71. The van der Waals surface area contributed by atoms with Gasteiger partial charge in [-0.25, -0.2) is 4.79 Å². The topological polar surface area (TPSA) is 64.6 Å². The maximum atomic E-state index is 12.0. The quantitative estimate of drug-likeness (QED) is 0.781. The molecule has 0 saturated heterocycles. The SMILES string of the molecule is Cc1cc(Cl)ccc1OCC(=O)OCC(=O)NC1CCCC(C)C1C. The minimum Gasteiger partial charge on any atom is -0.482 e. The predicted molar refractivity (Wildman–Crippen MR) is 96.8 cm³/mol. The van der Waals surface area contributed by atoms with E-state index in [0.717, 1.165) is 18.4 Å². The molecule has 0 bridgehead atoms. The Hall–Kier alpha value is -1.75. The number of hydrogen-bond acceptors (Lipinski definition) is 4. The molecule has 1 fully saturated rings. The van der Waals surface area contributed by atoms with E-state index in [4.69, 9.17) is 21.1 Å². The van der Waals surface area contributed by atoms with Gasteiger partial charge in [0.15, 0.2) is 13.2 Å². The number of nitrogens with one attached hydrogen (secondary N) is 1. The van der Waals surface area contributed by atoms with E-state index in [1.165, 1.54) is 6.42 Å². The fraction of sp³-hybridized carbons (Fsp3) is 0.579. The van der Waals surface area contributed by atoms with Gasteiger partial charge in [0, 0.05) is 11.1 Å². The summed E-state index contributed by atoms with van der Waals surface area (Å²) in [5, 5.41) is 3.58. The van der Waals surface area contributed by atoms with Crippen molar-refractivity contribution in [1.82, 2.24) is 5.32 Å². The van der Waals surface area contributed by atoms with Gasteiger partial charge in [-0.1, -0.05) is 38.3 Å². The van der Waals surface area contributed by atoms with E-state index in [2.05, 4.69) is 19.2 Å². The molecule has 25 heavy (non-hydrogen) atoms. The van der Waals surface area contributed by atoms with Crippen LogP contribution in [-0.4, -0.2) is 31.1 Å².